The molecule has 0 unspecified atom stereocenters. The monoisotopic (exact) mass is 414 g/mol. The van der Waals surface area contributed by atoms with E-state index in [0.29, 0.717) is 18.9 Å². The molecule has 1 saturated heterocycles. The van der Waals surface area contributed by atoms with Crippen molar-refractivity contribution in [3.8, 4) is 0 Å². The number of piperazine rings is 1. The Hall–Kier alpha value is -3.74. The van der Waals surface area contributed by atoms with Crippen LogP contribution in [-0.2, 0) is 4.79 Å². The largest absolute Gasteiger partial charge is 0.352 e. The van der Waals surface area contributed by atoms with Gasteiger partial charge in [0.2, 0.25) is 5.91 Å². The quantitative estimate of drug-likeness (QED) is 0.643. The first-order valence-corrected chi connectivity index (χ1v) is 10.4. The van der Waals surface area contributed by atoms with Gasteiger partial charge in [-0.1, -0.05) is 30.3 Å². The fraction of sp³-hybridized carbons (Fsp3) is 0.250. The fourth-order valence-corrected chi connectivity index (χ4v) is 3.50. The summed E-state index contributed by atoms with van der Waals surface area (Å²) in [7, 11) is 0. The molecule has 158 valence electrons. The van der Waals surface area contributed by atoms with Crippen LogP contribution in [0.1, 0.15) is 16.8 Å². The summed E-state index contributed by atoms with van der Waals surface area (Å²) in [4.78, 5) is 21.0. The van der Waals surface area contributed by atoms with E-state index in [1.54, 1.807) is 6.08 Å². The second kappa shape index (κ2) is 9.38. The van der Waals surface area contributed by atoms with Crippen LogP contribution < -0.4 is 10.2 Å². The van der Waals surface area contributed by atoms with E-state index in [1.165, 1.54) is 0 Å². The van der Waals surface area contributed by atoms with Crippen molar-refractivity contribution >= 4 is 29.4 Å². The summed E-state index contributed by atoms with van der Waals surface area (Å²) >= 11 is 0. The number of aryl methyl sites for hydroxylation is 2. The first kappa shape index (κ1) is 20.5. The van der Waals surface area contributed by atoms with Crippen molar-refractivity contribution in [1.82, 2.24) is 20.1 Å². The van der Waals surface area contributed by atoms with Crippen molar-refractivity contribution in [2.45, 2.75) is 13.8 Å². The Morgan fingerprint density at radius 3 is 2.42 bits per heavy atom. The van der Waals surface area contributed by atoms with Crippen LogP contribution in [0, 0.1) is 13.8 Å². The van der Waals surface area contributed by atoms with Gasteiger partial charge in [-0.2, -0.15) is 0 Å². The van der Waals surface area contributed by atoms with Gasteiger partial charge >= 0.3 is 0 Å². The van der Waals surface area contributed by atoms with Gasteiger partial charge in [0.05, 0.1) is 0 Å². The minimum Gasteiger partial charge on any atom is -0.352 e. The molecule has 7 nitrogen and oxygen atoms in total. The van der Waals surface area contributed by atoms with E-state index in [0.717, 1.165) is 41.5 Å². The molecule has 0 radical (unpaired) electrons. The van der Waals surface area contributed by atoms with Crippen molar-refractivity contribution in [1.29, 1.82) is 0 Å². The van der Waals surface area contributed by atoms with E-state index in [-0.39, 0.29) is 5.91 Å². The lowest BCUT2D eigenvalue weighted by Crippen LogP contribution is -2.48. The Morgan fingerprint density at radius 1 is 0.903 bits per heavy atom. The van der Waals surface area contributed by atoms with Crippen molar-refractivity contribution in [3.05, 3.63) is 77.5 Å². The second-order valence-electron chi connectivity index (χ2n) is 7.57. The maximum absolute atomic E-state index is 12.5. The molecule has 2 aromatic heterocycles. The zero-order chi connectivity index (χ0) is 21.6. The molecule has 3 heterocycles. The summed E-state index contributed by atoms with van der Waals surface area (Å²) < 4.78 is 0. The molecule has 4 rings (SSSR count). The number of carbonyl (C=O) groups is 1. The van der Waals surface area contributed by atoms with Crippen LogP contribution in [0.3, 0.4) is 0 Å². The van der Waals surface area contributed by atoms with Gasteiger partial charge in [-0.05, 0) is 55.3 Å². The van der Waals surface area contributed by atoms with Crippen LogP contribution >= 0.6 is 0 Å². The lowest BCUT2D eigenvalue weighted by molar-refractivity contribution is -0.126. The van der Waals surface area contributed by atoms with E-state index in [4.69, 9.17) is 0 Å². The number of benzene rings is 1. The van der Waals surface area contributed by atoms with Gasteiger partial charge in [0, 0.05) is 37.9 Å². The van der Waals surface area contributed by atoms with Gasteiger partial charge in [0.25, 0.3) is 0 Å². The smallest absolute Gasteiger partial charge is 0.246 e. The Labute approximate surface area is 182 Å². The average Bonchev–Trinajstić information content (AvgIpc) is 2.79. The summed E-state index contributed by atoms with van der Waals surface area (Å²) in [5.74, 6) is 2.24. The highest BCUT2D eigenvalue weighted by Gasteiger charge is 2.20. The van der Waals surface area contributed by atoms with Crippen LogP contribution in [0.2, 0.25) is 0 Å². The highest BCUT2D eigenvalue weighted by Crippen LogP contribution is 2.17. The Bertz CT molecular complexity index is 1070. The van der Waals surface area contributed by atoms with Crippen LogP contribution in [0.5, 0.6) is 0 Å². The minimum atomic E-state index is 0.0409. The number of hydrogen-bond donors (Lipinski definition) is 1. The molecule has 0 aliphatic carbocycles. The number of nitrogens with zero attached hydrogens (tertiary/aromatic N) is 5. The lowest BCUT2D eigenvalue weighted by atomic mass is 10.1. The Morgan fingerprint density at radius 2 is 1.71 bits per heavy atom. The highest BCUT2D eigenvalue weighted by molar-refractivity contribution is 5.92. The molecule has 31 heavy (non-hydrogen) atoms. The first-order valence-electron chi connectivity index (χ1n) is 10.4. The third-order valence-electron chi connectivity index (χ3n) is 5.30. The maximum atomic E-state index is 12.5. The minimum absolute atomic E-state index is 0.0409. The maximum Gasteiger partial charge on any atom is 0.246 e. The molecule has 0 spiro atoms. The number of nitrogens with one attached hydrogen (secondary N) is 1. The molecule has 1 N–H and O–H groups in total. The zero-order valence-corrected chi connectivity index (χ0v) is 17.8. The highest BCUT2D eigenvalue weighted by atomic mass is 16.2. The summed E-state index contributed by atoms with van der Waals surface area (Å²) in [6.07, 6.45) is 3.56. The topological polar surface area (TPSA) is 74.2 Å². The van der Waals surface area contributed by atoms with Crippen molar-refractivity contribution in [3.63, 3.8) is 0 Å². The zero-order valence-electron chi connectivity index (χ0n) is 17.8. The number of anilines is 3. The number of aromatic nitrogens is 3. The summed E-state index contributed by atoms with van der Waals surface area (Å²) in [5, 5.41) is 11.8. The third kappa shape index (κ3) is 5.25. The van der Waals surface area contributed by atoms with Crippen LogP contribution in [0.15, 0.2) is 60.7 Å². The Kier molecular flexibility index (Phi) is 6.21. The number of rotatable bonds is 5. The normalized spacial score (nSPS) is 14.1. The number of carbonyl (C=O) groups excluding carboxylic acids is 1. The molecular formula is C24H26N6O. The molecule has 1 aromatic carbocycles. The van der Waals surface area contributed by atoms with Gasteiger partial charge < -0.3 is 15.1 Å². The molecular weight excluding hydrogens is 388 g/mol. The van der Waals surface area contributed by atoms with Crippen molar-refractivity contribution in [2.24, 2.45) is 0 Å². The predicted octanol–water partition coefficient (Wildman–Crippen LogP) is 3.59. The van der Waals surface area contributed by atoms with E-state index in [1.807, 2.05) is 79.4 Å². The van der Waals surface area contributed by atoms with E-state index in [9.17, 15) is 4.79 Å². The predicted molar refractivity (Wildman–Crippen MR) is 123 cm³/mol. The SMILES string of the molecule is Cc1cccc(Nc2ccc(N3CCN(C(=O)/C=C/c4ccccc4C)CC3)nn2)n1. The van der Waals surface area contributed by atoms with Crippen LogP contribution in [0.4, 0.5) is 17.5 Å². The number of amides is 1. The van der Waals surface area contributed by atoms with E-state index < -0.39 is 0 Å². The molecule has 0 saturated carbocycles. The molecule has 7 heteroatoms. The van der Waals surface area contributed by atoms with E-state index in [2.05, 4.69) is 25.4 Å². The van der Waals surface area contributed by atoms with Crippen LogP contribution in [0.25, 0.3) is 6.08 Å². The average molecular weight is 415 g/mol. The van der Waals surface area contributed by atoms with Crippen molar-refractivity contribution in [2.75, 3.05) is 36.4 Å². The standard InChI is InChI=1S/C24H26N6O/c1-18-6-3-4-8-20(18)10-13-24(31)30-16-14-29(15-17-30)23-12-11-22(27-28-23)26-21-9-5-7-19(2)25-21/h3-13H,14-17H2,1-2H3,(H,25,26,27)/b13-10+. The first-order chi connectivity index (χ1) is 15.1. The van der Waals surface area contributed by atoms with Gasteiger partial charge in [-0.25, -0.2) is 4.98 Å². The second-order valence-corrected chi connectivity index (χ2v) is 7.57. The number of hydrogen-bond acceptors (Lipinski definition) is 6. The van der Waals surface area contributed by atoms with Crippen LogP contribution in [-0.4, -0.2) is 52.2 Å². The Balaban J connectivity index is 1.31. The number of pyridine rings is 1. The summed E-state index contributed by atoms with van der Waals surface area (Å²) in [5.41, 5.74) is 3.17. The molecule has 1 amide bonds. The molecule has 3 aromatic rings. The van der Waals surface area contributed by atoms with Gasteiger partial charge in [-0.15, -0.1) is 10.2 Å². The molecule has 0 bridgehead atoms. The van der Waals surface area contributed by atoms with Crippen molar-refractivity contribution < 1.29 is 4.79 Å². The van der Waals surface area contributed by atoms with E-state index >= 15 is 0 Å². The summed E-state index contributed by atoms with van der Waals surface area (Å²) in [6, 6.07) is 17.7. The lowest BCUT2D eigenvalue weighted by Gasteiger charge is -2.34. The molecule has 0 atom stereocenters. The van der Waals surface area contributed by atoms with Gasteiger partial charge in [0.1, 0.15) is 5.82 Å². The fourth-order valence-electron chi connectivity index (χ4n) is 3.50. The summed E-state index contributed by atoms with van der Waals surface area (Å²) in [6.45, 7) is 6.76. The molecule has 1 aliphatic rings. The third-order valence-corrected chi connectivity index (χ3v) is 5.30. The molecule has 1 aliphatic heterocycles. The molecule has 1 fully saturated rings. The van der Waals surface area contributed by atoms with Gasteiger partial charge in [-0.3, -0.25) is 4.79 Å². The van der Waals surface area contributed by atoms with Gasteiger partial charge in [0.15, 0.2) is 11.6 Å².